The first kappa shape index (κ1) is 27.7. The van der Waals surface area contributed by atoms with Crippen LogP contribution in [0.5, 0.6) is 28.7 Å². The van der Waals surface area contributed by atoms with Crippen molar-refractivity contribution in [1.29, 1.82) is 5.26 Å². The molecule has 10 nitrogen and oxygen atoms in total. The largest absolute Gasteiger partial charge is 0.493 e. The van der Waals surface area contributed by atoms with Gasteiger partial charge in [-0.2, -0.15) is 5.26 Å². The van der Waals surface area contributed by atoms with Gasteiger partial charge in [0.05, 0.1) is 25.3 Å². The van der Waals surface area contributed by atoms with E-state index in [1.54, 1.807) is 20.3 Å². The van der Waals surface area contributed by atoms with Crippen LogP contribution in [0.1, 0.15) is 45.5 Å². The standard InChI is InChI=1S/C31H38N4O6/c1-7-8-38-28-17(3)29-31(41-15-40-29)25-19(28)11-21-26-24-18(9-16(2)27(37-6)30(24)39-14-36-5)10-20(34(26)4)22(12-32)35(21)23(25)13-33/h7,9,20-23,26H,1,8,10-11,13-15,33H2,2-6H3/t20?,21?,22-,23?,26?/m0/s1. The van der Waals surface area contributed by atoms with E-state index in [4.69, 9.17) is 34.2 Å². The van der Waals surface area contributed by atoms with Crippen molar-refractivity contribution < 1.29 is 28.4 Å². The summed E-state index contributed by atoms with van der Waals surface area (Å²) in [6, 6.07) is 3.94. The highest BCUT2D eigenvalue weighted by Gasteiger charge is 2.56. The lowest BCUT2D eigenvalue weighted by Gasteiger charge is -2.60. The fraction of sp³-hybridized carbons (Fsp3) is 0.516. The number of nitrogens with zero attached hydrogens (tertiary/aromatic N) is 3. The summed E-state index contributed by atoms with van der Waals surface area (Å²) in [6.45, 7) is 8.77. The number of aryl methyl sites for hydroxylation is 1. The van der Waals surface area contributed by atoms with Gasteiger partial charge in [-0.3, -0.25) is 9.80 Å². The molecule has 2 bridgehead atoms. The van der Waals surface area contributed by atoms with Gasteiger partial charge >= 0.3 is 0 Å². The SMILES string of the molecule is C=CCOc1c(C)c2c(c3c1CC1C4c5c(cc(C)c(OC)c5OCOC)CC([C@H](C#N)N1C3CN)N4C)OCO2. The zero-order chi connectivity index (χ0) is 29.0. The van der Waals surface area contributed by atoms with E-state index in [0.717, 1.165) is 33.6 Å². The minimum Gasteiger partial charge on any atom is -0.493 e. The smallest absolute Gasteiger partial charge is 0.231 e. The van der Waals surface area contributed by atoms with Crippen LogP contribution in [-0.2, 0) is 17.6 Å². The molecule has 0 radical (unpaired) electrons. The molecule has 41 heavy (non-hydrogen) atoms. The summed E-state index contributed by atoms with van der Waals surface area (Å²) in [5.41, 5.74) is 12.7. The van der Waals surface area contributed by atoms with Crippen molar-refractivity contribution in [3.63, 3.8) is 0 Å². The van der Waals surface area contributed by atoms with E-state index in [0.29, 0.717) is 49.0 Å². The second-order valence-electron chi connectivity index (χ2n) is 11.1. The van der Waals surface area contributed by atoms with Gasteiger partial charge in [-0.1, -0.05) is 18.7 Å². The quantitative estimate of drug-likeness (QED) is 0.380. The third-order valence-corrected chi connectivity index (χ3v) is 9.14. The Balaban J connectivity index is 1.60. The Kier molecular flexibility index (Phi) is 7.24. The van der Waals surface area contributed by atoms with E-state index >= 15 is 0 Å². The number of hydrogen-bond acceptors (Lipinski definition) is 10. The third-order valence-electron chi connectivity index (χ3n) is 9.14. The van der Waals surface area contributed by atoms with Crippen molar-refractivity contribution in [3.8, 4) is 34.8 Å². The summed E-state index contributed by atoms with van der Waals surface area (Å²) in [6.07, 6.45) is 3.05. The van der Waals surface area contributed by atoms with Gasteiger partial charge < -0.3 is 34.2 Å². The Morgan fingerprint density at radius 2 is 1.88 bits per heavy atom. The monoisotopic (exact) mass is 562 g/mol. The number of nitrogens with two attached hydrogens (primary N) is 1. The molecule has 1 fully saturated rings. The minimum atomic E-state index is -0.390. The van der Waals surface area contributed by atoms with Crippen molar-refractivity contribution in [1.82, 2.24) is 9.80 Å². The topological polar surface area (TPSA) is 112 Å². The van der Waals surface area contributed by atoms with Gasteiger partial charge in [-0.05, 0) is 44.9 Å². The fourth-order valence-electron chi connectivity index (χ4n) is 7.64. The van der Waals surface area contributed by atoms with Gasteiger partial charge in [0.1, 0.15) is 18.4 Å². The van der Waals surface area contributed by atoms with E-state index in [2.05, 4.69) is 35.6 Å². The molecule has 4 unspecified atom stereocenters. The number of benzene rings is 2. The molecule has 0 aliphatic carbocycles. The lowest BCUT2D eigenvalue weighted by molar-refractivity contribution is -0.0719. The minimum absolute atomic E-state index is 0.0421. The average molecular weight is 563 g/mol. The Bertz CT molecular complexity index is 1420. The molecule has 2 aromatic rings. The lowest BCUT2D eigenvalue weighted by Crippen LogP contribution is -2.68. The van der Waals surface area contributed by atoms with Gasteiger partial charge in [0.2, 0.25) is 6.79 Å². The highest BCUT2D eigenvalue weighted by Crippen LogP contribution is 2.58. The molecule has 218 valence electrons. The Morgan fingerprint density at radius 3 is 2.56 bits per heavy atom. The Hall–Kier alpha value is -3.49. The van der Waals surface area contributed by atoms with Gasteiger partial charge in [-0.25, -0.2) is 0 Å². The van der Waals surface area contributed by atoms with Crippen molar-refractivity contribution in [2.45, 2.75) is 56.9 Å². The molecule has 6 rings (SSSR count). The summed E-state index contributed by atoms with van der Waals surface area (Å²) < 4.78 is 35.8. The first-order chi connectivity index (χ1) is 19.9. The zero-order valence-corrected chi connectivity index (χ0v) is 24.4. The van der Waals surface area contributed by atoms with E-state index in [9.17, 15) is 5.26 Å². The summed E-state index contributed by atoms with van der Waals surface area (Å²) in [5, 5.41) is 10.7. The number of methoxy groups -OCH3 is 2. The van der Waals surface area contributed by atoms with Gasteiger partial charge in [-0.15, -0.1) is 0 Å². The molecule has 5 atom stereocenters. The van der Waals surface area contributed by atoms with E-state index in [-0.39, 0.29) is 37.8 Å². The van der Waals surface area contributed by atoms with Crippen LogP contribution in [-0.4, -0.2) is 75.9 Å². The van der Waals surface area contributed by atoms with Crippen molar-refractivity contribution in [2.24, 2.45) is 5.73 Å². The van der Waals surface area contributed by atoms with Crippen LogP contribution in [0.4, 0.5) is 0 Å². The maximum atomic E-state index is 10.7. The molecular weight excluding hydrogens is 524 g/mol. The van der Waals surface area contributed by atoms with Crippen LogP contribution < -0.4 is 29.4 Å². The molecule has 4 heterocycles. The average Bonchev–Trinajstić information content (AvgIpc) is 3.46. The number of hydrogen-bond donors (Lipinski definition) is 1. The van der Waals surface area contributed by atoms with E-state index < -0.39 is 6.04 Å². The van der Waals surface area contributed by atoms with Gasteiger partial charge in [0.25, 0.3) is 0 Å². The van der Waals surface area contributed by atoms with Crippen molar-refractivity contribution in [2.75, 3.05) is 48.0 Å². The molecule has 0 spiro atoms. The molecular formula is C31H38N4O6. The predicted molar refractivity (Wildman–Crippen MR) is 152 cm³/mol. The number of piperazine rings is 1. The number of nitriles is 1. The highest BCUT2D eigenvalue weighted by atomic mass is 16.7. The molecule has 0 saturated carbocycles. The highest BCUT2D eigenvalue weighted by molar-refractivity contribution is 5.66. The lowest BCUT2D eigenvalue weighted by atomic mass is 9.71. The molecule has 0 amide bonds. The molecule has 2 aromatic carbocycles. The maximum Gasteiger partial charge on any atom is 0.231 e. The van der Waals surface area contributed by atoms with E-state index in [1.807, 2.05) is 13.8 Å². The number of likely N-dealkylation sites (N-methyl/N-ethyl adjacent to an activating group) is 1. The van der Waals surface area contributed by atoms with Crippen LogP contribution in [0.3, 0.4) is 0 Å². The van der Waals surface area contributed by atoms with Gasteiger partial charge in [0, 0.05) is 48.0 Å². The first-order valence-electron chi connectivity index (χ1n) is 14.0. The normalized spacial score (nSPS) is 25.9. The van der Waals surface area contributed by atoms with Crippen LogP contribution in [0.25, 0.3) is 0 Å². The second kappa shape index (κ2) is 10.7. The third kappa shape index (κ3) is 3.98. The van der Waals surface area contributed by atoms with Crippen LogP contribution >= 0.6 is 0 Å². The fourth-order valence-corrected chi connectivity index (χ4v) is 7.64. The molecule has 4 aliphatic rings. The molecule has 10 heteroatoms. The van der Waals surface area contributed by atoms with Crippen LogP contribution in [0, 0.1) is 25.2 Å². The summed E-state index contributed by atoms with van der Waals surface area (Å²) >= 11 is 0. The Labute approximate surface area is 241 Å². The van der Waals surface area contributed by atoms with Crippen LogP contribution in [0.2, 0.25) is 0 Å². The van der Waals surface area contributed by atoms with Crippen molar-refractivity contribution >= 4 is 0 Å². The van der Waals surface area contributed by atoms with Gasteiger partial charge in [0.15, 0.2) is 29.8 Å². The number of rotatable bonds is 8. The number of fused-ring (bicyclic) bond motifs is 9. The first-order valence-corrected chi connectivity index (χ1v) is 14.0. The molecule has 4 aliphatic heterocycles. The second-order valence-corrected chi connectivity index (χ2v) is 11.1. The summed E-state index contributed by atoms with van der Waals surface area (Å²) in [5.74, 6) is 3.55. The predicted octanol–water partition coefficient (Wildman–Crippen LogP) is 3.32. The molecule has 0 aromatic heterocycles. The van der Waals surface area contributed by atoms with E-state index in [1.165, 1.54) is 5.56 Å². The molecule has 2 N–H and O–H groups in total. The Morgan fingerprint density at radius 1 is 1.10 bits per heavy atom. The maximum absolute atomic E-state index is 10.7. The molecule has 1 saturated heterocycles. The summed E-state index contributed by atoms with van der Waals surface area (Å²) in [4.78, 5) is 4.66. The number of ether oxygens (including phenoxy) is 6. The van der Waals surface area contributed by atoms with Crippen LogP contribution in [0.15, 0.2) is 18.7 Å². The zero-order valence-electron chi connectivity index (χ0n) is 24.4. The summed E-state index contributed by atoms with van der Waals surface area (Å²) in [7, 11) is 5.38. The van der Waals surface area contributed by atoms with Crippen molar-refractivity contribution in [3.05, 3.63) is 52.1 Å².